The fourth-order valence-corrected chi connectivity index (χ4v) is 2.82. The molecule has 2 aromatic carbocycles. The first kappa shape index (κ1) is 24.8. The minimum atomic E-state index is -3.11. The van der Waals surface area contributed by atoms with Gasteiger partial charge in [-0.3, -0.25) is 0 Å². The van der Waals surface area contributed by atoms with Crippen molar-refractivity contribution in [3.05, 3.63) is 62.1 Å². The molecule has 0 aromatic heterocycles. The molecule has 0 unspecified atom stereocenters. The van der Waals surface area contributed by atoms with Gasteiger partial charge in [0.2, 0.25) is 0 Å². The first-order valence-corrected chi connectivity index (χ1v) is 16.3. The van der Waals surface area contributed by atoms with Crippen LogP contribution in [0.25, 0.3) is 0 Å². The van der Waals surface area contributed by atoms with Gasteiger partial charge in [-0.2, -0.15) is 0 Å². The van der Waals surface area contributed by atoms with Gasteiger partial charge in [0.05, 0.1) is 0 Å². The van der Waals surface area contributed by atoms with Crippen molar-refractivity contribution in [2.75, 3.05) is 0 Å². The third-order valence-corrected chi connectivity index (χ3v) is 2.99. The maximum absolute atomic E-state index is 5.67. The van der Waals surface area contributed by atoms with Crippen LogP contribution in [0.3, 0.4) is 0 Å². The second-order valence-electron chi connectivity index (χ2n) is 4.00. The summed E-state index contributed by atoms with van der Waals surface area (Å²) in [5.41, 5.74) is 1.09. The van der Waals surface area contributed by atoms with Crippen LogP contribution < -0.4 is 0 Å². The van der Waals surface area contributed by atoms with Crippen molar-refractivity contribution in [2.45, 2.75) is 11.8 Å². The first-order valence-electron chi connectivity index (χ1n) is 5.70. The van der Waals surface area contributed by atoms with Crippen LogP contribution in [0.4, 0.5) is 0 Å². The Labute approximate surface area is 180 Å². The van der Waals surface area contributed by atoms with E-state index in [2.05, 4.69) is 12.6 Å². The number of halogens is 8. The molecule has 0 fully saturated rings. The van der Waals surface area contributed by atoms with Crippen molar-refractivity contribution in [3.8, 4) is 0 Å². The van der Waals surface area contributed by atoms with Gasteiger partial charge in [-0.05, 0) is 48.9 Å². The van der Waals surface area contributed by atoms with Crippen LogP contribution in [0, 0.1) is 6.92 Å². The summed E-state index contributed by atoms with van der Waals surface area (Å²) in [6, 6.07) is 10.6. The van der Waals surface area contributed by atoms with Gasteiger partial charge in [0.15, 0.2) is 0 Å². The van der Waals surface area contributed by atoms with Crippen LogP contribution in [-0.4, -0.2) is 0 Å². The molecule has 0 N–H and O–H groups in total. The van der Waals surface area contributed by atoms with Gasteiger partial charge in [-0.1, -0.05) is 46.4 Å². The van der Waals surface area contributed by atoms with Crippen molar-refractivity contribution in [1.82, 2.24) is 0 Å². The van der Waals surface area contributed by atoms with Gasteiger partial charge in [-0.15, -0.1) is 12.6 Å². The predicted octanol–water partition coefficient (Wildman–Crippen LogP) is 9.34. The van der Waals surface area contributed by atoms with Crippen molar-refractivity contribution in [1.29, 1.82) is 0 Å². The van der Waals surface area contributed by atoms with Gasteiger partial charge < -0.3 is 0 Å². The van der Waals surface area contributed by atoms with Crippen LogP contribution in [0.15, 0.2) is 41.3 Å². The van der Waals surface area contributed by atoms with E-state index in [4.69, 9.17) is 83.6 Å². The molecule has 10 heteroatoms. The molecule has 0 heterocycles. The molecule has 0 spiro atoms. The first-order chi connectivity index (χ1) is 10.4. The number of aryl methyl sites for hydroxylation is 1. The summed E-state index contributed by atoms with van der Waals surface area (Å²) >= 11 is 23.5. The molecule has 0 atom stereocenters. The molecule has 0 saturated heterocycles. The average Bonchev–Trinajstić information content (AvgIpc) is 2.22. The van der Waals surface area contributed by atoms with Crippen LogP contribution in [0.1, 0.15) is 5.56 Å². The number of benzene rings is 2. The summed E-state index contributed by atoms with van der Waals surface area (Å²) in [7, 11) is 20.1. The monoisotopic (exact) mass is 526 g/mol. The normalized spacial score (nSPS) is 10.2. The van der Waals surface area contributed by atoms with E-state index in [1.165, 1.54) is 0 Å². The topological polar surface area (TPSA) is 0 Å². The molecular weight excluding hydrogens is 520 g/mol. The molecule has 2 aromatic rings. The van der Waals surface area contributed by atoms with Crippen LogP contribution in [0.2, 0.25) is 20.1 Å². The zero-order valence-corrected chi connectivity index (χ0v) is 19.9. The number of rotatable bonds is 0. The quantitative estimate of drug-likeness (QED) is 0.255. The molecule has 0 amide bonds. The minimum absolute atomic E-state index is 0.618. The van der Waals surface area contributed by atoms with Crippen molar-refractivity contribution < 1.29 is 12.3 Å². The van der Waals surface area contributed by atoms with E-state index in [0.29, 0.717) is 20.1 Å². The van der Waals surface area contributed by atoms with Gasteiger partial charge in [0.1, 0.15) is 0 Å². The molecule has 0 aliphatic carbocycles. The molecule has 0 nitrogen and oxygen atoms in total. The van der Waals surface area contributed by atoms with E-state index in [-0.39, 0.29) is 0 Å². The Bertz CT molecular complexity index is 473. The summed E-state index contributed by atoms with van der Waals surface area (Å²) in [6.45, 7) is 1.96. The second kappa shape index (κ2) is 12.3. The molecule has 0 radical (unpaired) electrons. The zero-order chi connectivity index (χ0) is 18.2. The Morgan fingerprint density at radius 1 is 0.652 bits per heavy atom. The molecule has 0 aliphatic rings. The van der Waals surface area contributed by atoms with Gasteiger partial charge in [0.25, 0.3) is 0 Å². The summed E-state index contributed by atoms with van der Waals surface area (Å²) in [5, 5.41) is 2.63. The van der Waals surface area contributed by atoms with Gasteiger partial charge in [0, 0.05) is 25.0 Å². The number of hydrogen-bond donors (Lipinski definition) is 1. The summed E-state index contributed by atoms with van der Waals surface area (Å²) in [6.07, 6.45) is 0. The third kappa shape index (κ3) is 17.0. The fraction of sp³-hybridized carbons (Fsp3) is 0.0769. The third-order valence-electron chi connectivity index (χ3n) is 1.85. The van der Waals surface area contributed by atoms with Crippen LogP contribution >= 0.6 is 96.3 Å². The Morgan fingerprint density at radius 2 is 0.913 bits per heavy atom. The maximum atomic E-state index is 5.67. The van der Waals surface area contributed by atoms with Crippen LogP contribution in [0.5, 0.6) is 0 Å². The van der Waals surface area contributed by atoms with E-state index in [9.17, 15) is 0 Å². The summed E-state index contributed by atoms with van der Waals surface area (Å²) in [5.74, 6) is 0. The van der Waals surface area contributed by atoms with E-state index in [1.807, 2.05) is 19.1 Å². The second-order valence-corrected chi connectivity index (χ2v) is 21.7. The van der Waals surface area contributed by atoms with Crippen molar-refractivity contribution >= 4 is 96.3 Å². The molecule has 0 bridgehead atoms. The van der Waals surface area contributed by atoms with Gasteiger partial charge >= 0.3 is 49.6 Å². The van der Waals surface area contributed by atoms with Crippen molar-refractivity contribution in [3.63, 3.8) is 0 Å². The summed E-state index contributed by atoms with van der Waals surface area (Å²) in [4.78, 5) is 0.785. The molecule has 0 saturated carbocycles. The Morgan fingerprint density at radius 3 is 1.13 bits per heavy atom. The van der Waals surface area contributed by atoms with E-state index >= 15 is 0 Å². The Balaban J connectivity index is 0.000000332. The molecule has 0 aliphatic heterocycles. The SMILES string of the molecule is Cc1cc(Cl)cc(Cl)c1.Sc1cc(Cl)cc(Cl)c1.[Cl][Ti]([Cl])([Cl])[Cl]. The Kier molecular flexibility index (Phi) is 13.2. The zero-order valence-electron chi connectivity index (χ0n) is 11.4. The van der Waals surface area contributed by atoms with E-state index in [0.717, 1.165) is 10.5 Å². The molecule has 2 rings (SSSR count). The van der Waals surface area contributed by atoms with E-state index < -0.39 is 12.3 Å². The van der Waals surface area contributed by atoms with Crippen molar-refractivity contribution in [2.24, 2.45) is 0 Å². The summed E-state index contributed by atoms with van der Waals surface area (Å²) < 4.78 is 0. The number of hydrogen-bond acceptors (Lipinski definition) is 1. The Hall–Kier alpha value is 1.82. The predicted molar refractivity (Wildman–Crippen MR) is 108 cm³/mol. The molecule has 128 valence electrons. The van der Waals surface area contributed by atoms with E-state index in [1.54, 1.807) is 24.3 Å². The van der Waals surface area contributed by atoms with Gasteiger partial charge in [-0.25, -0.2) is 0 Å². The fourth-order valence-electron chi connectivity index (χ4n) is 1.23. The molecular formula is C13H10Cl8STi. The number of thiol groups is 1. The van der Waals surface area contributed by atoms with Crippen LogP contribution in [-0.2, 0) is 12.3 Å². The molecule has 23 heavy (non-hydrogen) atoms. The standard InChI is InChI=1S/C7H6Cl2.C6H4Cl2S.4ClH.Ti/c1-5-2-6(8)4-7(9)3-5;7-4-1-5(8)3-6(9)2-4;;;;;/h2-4H,1H3;1-3,9H;4*1H;/q;;;;;;+4/p-4. The average molecular weight is 530 g/mol.